The van der Waals surface area contributed by atoms with Crippen LogP contribution < -0.4 is 0 Å². The Morgan fingerprint density at radius 3 is 2.66 bits per heavy atom. The van der Waals surface area contributed by atoms with E-state index in [1.807, 2.05) is 13.8 Å². The molecular formula is C29H42O3. The highest BCUT2D eigenvalue weighted by Crippen LogP contribution is 2.66. The Morgan fingerprint density at radius 1 is 1.25 bits per heavy atom. The summed E-state index contributed by atoms with van der Waals surface area (Å²) in [6, 6.07) is 8.85. The molecular weight excluding hydrogens is 396 g/mol. The van der Waals surface area contributed by atoms with Crippen molar-refractivity contribution in [2.75, 3.05) is 0 Å². The lowest BCUT2D eigenvalue weighted by molar-refractivity contribution is -0.159. The fraction of sp³-hybridized carbons (Fsp3) is 0.690. The summed E-state index contributed by atoms with van der Waals surface area (Å²) in [6.07, 6.45) is 10.8. The Labute approximate surface area is 194 Å². The van der Waals surface area contributed by atoms with Crippen molar-refractivity contribution in [3.05, 3.63) is 47.5 Å². The van der Waals surface area contributed by atoms with Crippen LogP contribution in [-0.4, -0.2) is 22.8 Å². The molecule has 32 heavy (non-hydrogen) atoms. The molecule has 0 aliphatic heterocycles. The number of allylic oxidation sites excluding steroid dienone is 1. The Bertz CT molecular complexity index is 881. The minimum atomic E-state index is -0.655. The van der Waals surface area contributed by atoms with Crippen molar-refractivity contribution in [2.45, 2.75) is 97.2 Å². The standard InChI is InChI=1S/C29H42O3/c1-19(10-9-15-27(3,4)31)22-13-14-24-26-25(32-20(2)30)18-21-11-7-8-12-23(21)29(26,6)17-16-28(22,24)5/h7-12,19,22,24-26,31H,13-18H2,1-6H3/b10-9+. The van der Waals surface area contributed by atoms with E-state index in [-0.39, 0.29) is 22.9 Å². The van der Waals surface area contributed by atoms with Crippen molar-refractivity contribution in [1.82, 2.24) is 0 Å². The molecule has 7 atom stereocenters. The summed E-state index contributed by atoms with van der Waals surface area (Å²) >= 11 is 0. The van der Waals surface area contributed by atoms with Crippen LogP contribution in [0.5, 0.6) is 0 Å². The Kier molecular flexibility index (Phi) is 6.11. The van der Waals surface area contributed by atoms with E-state index in [9.17, 15) is 9.90 Å². The largest absolute Gasteiger partial charge is 0.462 e. The highest BCUT2D eigenvalue weighted by Gasteiger charge is 2.62. The molecule has 0 spiro atoms. The first-order valence-electron chi connectivity index (χ1n) is 12.6. The van der Waals surface area contributed by atoms with Crippen LogP contribution >= 0.6 is 0 Å². The molecule has 4 rings (SSSR count). The van der Waals surface area contributed by atoms with Crippen molar-refractivity contribution in [3.8, 4) is 0 Å². The molecule has 2 saturated carbocycles. The number of aliphatic hydroxyl groups is 1. The lowest BCUT2D eigenvalue weighted by Crippen LogP contribution is -2.57. The van der Waals surface area contributed by atoms with Crippen LogP contribution in [0.15, 0.2) is 36.4 Å². The molecule has 3 aliphatic rings. The third-order valence-corrected chi connectivity index (χ3v) is 9.30. The monoisotopic (exact) mass is 438 g/mol. The summed E-state index contributed by atoms with van der Waals surface area (Å²) < 4.78 is 6.05. The first-order valence-corrected chi connectivity index (χ1v) is 12.6. The van der Waals surface area contributed by atoms with E-state index in [4.69, 9.17) is 4.74 Å². The van der Waals surface area contributed by atoms with Gasteiger partial charge >= 0.3 is 5.97 Å². The van der Waals surface area contributed by atoms with Gasteiger partial charge in [0.05, 0.1) is 5.60 Å². The number of benzene rings is 1. The summed E-state index contributed by atoms with van der Waals surface area (Å²) in [7, 11) is 0. The smallest absolute Gasteiger partial charge is 0.302 e. The highest BCUT2D eigenvalue weighted by atomic mass is 16.5. The predicted octanol–water partition coefficient (Wildman–Crippen LogP) is 6.23. The Morgan fingerprint density at radius 2 is 1.97 bits per heavy atom. The molecule has 3 nitrogen and oxygen atoms in total. The minimum absolute atomic E-state index is 0.0307. The van der Waals surface area contributed by atoms with Crippen molar-refractivity contribution in [1.29, 1.82) is 0 Å². The number of carbonyl (C=O) groups is 1. The van der Waals surface area contributed by atoms with Gasteiger partial charge < -0.3 is 9.84 Å². The number of hydrogen-bond acceptors (Lipinski definition) is 3. The molecule has 0 amide bonds. The van der Waals surface area contributed by atoms with Crippen molar-refractivity contribution in [2.24, 2.45) is 29.1 Å². The molecule has 176 valence electrons. The average Bonchev–Trinajstić information content (AvgIpc) is 3.03. The maximum absolute atomic E-state index is 12.1. The van der Waals surface area contributed by atoms with Gasteiger partial charge in [0.2, 0.25) is 0 Å². The van der Waals surface area contributed by atoms with Crippen LogP contribution in [0.2, 0.25) is 0 Å². The third-order valence-electron chi connectivity index (χ3n) is 9.30. The zero-order valence-electron chi connectivity index (χ0n) is 20.9. The van der Waals surface area contributed by atoms with Crippen LogP contribution in [0.3, 0.4) is 0 Å². The van der Waals surface area contributed by atoms with E-state index in [1.165, 1.54) is 30.4 Å². The number of rotatable bonds is 5. The Hall–Kier alpha value is -1.61. The van der Waals surface area contributed by atoms with Crippen molar-refractivity contribution < 1.29 is 14.6 Å². The number of fused-ring (bicyclic) bond motifs is 5. The number of carbonyl (C=O) groups excluding carboxylic acids is 1. The van der Waals surface area contributed by atoms with Crippen LogP contribution in [0.4, 0.5) is 0 Å². The molecule has 0 aromatic heterocycles. The van der Waals surface area contributed by atoms with Crippen LogP contribution in [-0.2, 0) is 21.4 Å². The first-order chi connectivity index (χ1) is 15.0. The minimum Gasteiger partial charge on any atom is -0.462 e. The van der Waals surface area contributed by atoms with Gasteiger partial charge in [-0.2, -0.15) is 0 Å². The van der Waals surface area contributed by atoms with Gasteiger partial charge in [0.25, 0.3) is 0 Å². The fourth-order valence-corrected chi connectivity index (χ4v) is 7.87. The lowest BCUT2D eigenvalue weighted by Gasteiger charge is -2.58. The Balaban J connectivity index is 1.65. The molecule has 3 heteroatoms. The number of hydrogen-bond donors (Lipinski definition) is 1. The van der Waals surface area contributed by atoms with E-state index in [1.54, 1.807) is 6.92 Å². The summed E-state index contributed by atoms with van der Waals surface area (Å²) in [5.74, 6) is 1.90. The molecule has 2 fully saturated rings. The molecule has 0 saturated heterocycles. The molecule has 0 heterocycles. The van der Waals surface area contributed by atoms with Gasteiger partial charge in [-0.15, -0.1) is 0 Å². The van der Waals surface area contributed by atoms with E-state index >= 15 is 0 Å². The summed E-state index contributed by atoms with van der Waals surface area (Å²) in [6.45, 7) is 12.6. The third kappa shape index (κ3) is 4.06. The van der Waals surface area contributed by atoms with Crippen LogP contribution in [0.1, 0.15) is 84.8 Å². The van der Waals surface area contributed by atoms with Gasteiger partial charge in [0, 0.05) is 19.3 Å². The quantitative estimate of drug-likeness (QED) is 0.438. The summed E-state index contributed by atoms with van der Waals surface area (Å²) in [4.78, 5) is 12.1. The van der Waals surface area contributed by atoms with Crippen LogP contribution in [0.25, 0.3) is 0 Å². The highest BCUT2D eigenvalue weighted by molar-refractivity contribution is 5.66. The summed E-state index contributed by atoms with van der Waals surface area (Å²) in [5.41, 5.74) is 2.51. The molecule has 1 N–H and O–H groups in total. The van der Waals surface area contributed by atoms with E-state index in [0.717, 1.165) is 12.8 Å². The van der Waals surface area contributed by atoms with Gasteiger partial charge in [0.1, 0.15) is 6.10 Å². The second-order valence-corrected chi connectivity index (χ2v) is 12.1. The van der Waals surface area contributed by atoms with Gasteiger partial charge in [-0.1, -0.05) is 57.2 Å². The normalized spacial score (nSPS) is 37.5. The summed E-state index contributed by atoms with van der Waals surface area (Å²) in [5, 5.41) is 10.1. The second-order valence-electron chi connectivity index (χ2n) is 12.1. The van der Waals surface area contributed by atoms with Gasteiger partial charge in [-0.3, -0.25) is 4.79 Å². The first kappa shape index (κ1) is 23.5. The number of ether oxygens (including phenoxy) is 1. The van der Waals surface area contributed by atoms with E-state index < -0.39 is 5.60 Å². The van der Waals surface area contributed by atoms with Gasteiger partial charge in [-0.25, -0.2) is 0 Å². The van der Waals surface area contributed by atoms with Crippen molar-refractivity contribution >= 4 is 5.97 Å². The fourth-order valence-electron chi connectivity index (χ4n) is 7.87. The predicted molar refractivity (Wildman–Crippen MR) is 129 cm³/mol. The lowest BCUT2D eigenvalue weighted by atomic mass is 9.47. The van der Waals surface area contributed by atoms with Gasteiger partial charge in [0.15, 0.2) is 0 Å². The van der Waals surface area contributed by atoms with Crippen molar-refractivity contribution in [3.63, 3.8) is 0 Å². The zero-order chi connectivity index (χ0) is 23.3. The molecule has 7 unspecified atom stereocenters. The molecule has 0 bridgehead atoms. The average molecular weight is 439 g/mol. The van der Waals surface area contributed by atoms with E-state index in [0.29, 0.717) is 30.1 Å². The topological polar surface area (TPSA) is 46.5 Å². The molecule has 1 aromatic carbocycles. The van der Waals surface area contributed by atoms with Crippen LogP contribution in [0, 0.1) is 29.1 Å². The van der Waals surface area contributed by atoms with E-state index in [2.05, 4.69) is 57.2 Å². The molecule has 3 aliphatic carbocycles. The number of esters is 1. The second kappa shape index (κ2) is 8.31. The molecule has 1 aromatic rings. The SMILES string of the molecule is CC(=O)OC1Cc2ccccc2C2(C)CCC3(C)C(C(C)/C=C/CC(C)(C)O)CCC3C12. The maximum Gasteiger partial charge on any atom is 0.302 e. The zero-order valence-corrected chi connectivity index (χ0v) is 20.9. The molecule has 0 radical (unpaired) electrons. The maximum atomic E-state index is 12.1. The van der Waals surface area contributed by atoms with Gasteiger partial charge in [-0.05, 0) is 85.7 Å².